The quantitative estimate of drug-likeness (QED) is 0.656. The van der Waals surface area contributed by atoms with Gasteiger partial charge in [0.1, 0.15) is 0 Å². The summed E-state index contributed by atoms with van der Waals surface area (Å²) in [5, 5.41) is 0. The van der Waals surface area contributed by atoms with Crippen LogP contribution in [0.15, 0.2) is 48.5 Å². The SMILES string of the molecule is CO[Si](C)(Cc1cccc(N)c1)Cc1cccc(N)c1. The average Bonchev–Trinajstić information content (AvgIpc) is 2.38. The van der Waals surface area contributed by atoms with Crippen molar-refractivity contribution in [2.45, 2.75) is 18.6 Å². The number of nitrogens with two attached hydrogens (primary N) is 2. The lowest BCUT2D eigenvalue weighted by Gasteiger charge is -2.26. The average molecular weight is 286 g/mol. The predicted molar refractivity (Wildman–Crippen MR) is 87.7 cm³/mol. The molecule has 0 amide bonds. The van der Waals surface area contributed by atoms with Crippen LogP contribution in [0.5, 0.6) is 0 Å². The molecule has 2 aromatic rings. The second-order valence-corrected chi connectivity index (χ2v) is 9.51. The minimum Gasteiger partial charge on any atom is -0.420 e. The third-order valence-corrected chi connectivity index (χ3v) is 6.85. The first kappa shape index (κ1) is 14.6. The molecule has 0 aliphatic rings. The van der Waals surface area contributed by atoms with E-state index in [4.69, 9.17) is 15.9 Å². The summed E-state index contributed by atoms with van der Waals surface area (Å²) >= 11 is 0. The number of anilines is 2. The van der Waals surface area contributed by atoms with Crippen LogP contribution in [0.4, 0.5) is 11.4 Å². The van der Waals surface area contributed by atoms with Gasteiger partial charge >= 0.3 is 0 Å². The van der Waals surface area contributed by atoms with E-state index in [-0.39, 0.29) is 0 Å². The molecule has 0 unspecified atom stereocenters. The fourth-order valence-corrected chi connectivity index (χ4v) is 5.06. The van der Waals surface area contributed by atoms with Crippen molar-refractivity contribution in [3.05, 3.63) is 59.7 Å². The number of nitrogen functional groups attached to an aromatic ring is 2. The van der Waals surface area contributed by atoms with Gasteiger partial charge in [-0.1, -0.05) is 24.3 Å². The van der Waals surface area contributed by atoms with E-state index in [2.05, 4.69) is 18.7 Å². The van der Waals surface area contributed by atoms with E-state index in [0.29, 0.717) is 0 Å². The Hall–Kier alpha value is -1.78. The Balaban J connectivity index is 2.16. The van der Waals surface area contributed by atoms with Crippen molar-refractivity contribution in [2.24, 2.45) is 0 Å². The molecule has 106 valence electrons. The van der Waals surface area contributed by atoms with Crippen LogP contribution in [0.2, 0.25) is 6.55 Å². The zero-order valence-electron chi connectivity index (χ0n) is 12.1. The van der Waals surface area contributed by atoms with Gasteiger partial charge < -0.3 is 15.9 Å². The molecule has 0 fully saturated rings. The molecule has 20 heavy (non-hydrogen) atoms. The van der Waals surface area contributed by atoms with Crippen molar-refractivity contribution in [1.29, 1.82) is 0 Å². The molecule has 0 aliphatic carbocycles. The second kappa shape index (κ2) is 6.11. The lowest BCUT2D eigenvalue weighted by atomic mass is 10.2. The Kier molecular flexibility index (Phi) is 4.47. The molecule has 0 bridgehead atoms. The van der Waals surface area contributed by atoms with Crippen molar-refractivity contribution < 1.29 is 4.43 Å². The molecule has 0 aliphatic heterocycles. The summed E-state index contributed by atoms with van der Waals surface area (Å²) in [6.45, 7) is 2.25. The highest BCUT2D eigenvalue weighted by molar-refractivity contribution is 6.71. The van der Waals surface area contributed by atoms with Crippen LogP contribution in [0.25, 0.3) is 0 Å². The third kappa shape index (κ3) is 3.85. The molecule has 4 heteroatoms. The van der Waals surface area contributed by atoms with Gasteiger partial charge in [-0.2, -0.15) is 0 Å². The minimum absolute atomic E-state index is 0.805. The lowest BCUT2D eigenvalue weighted by Crippen LogP contribution is -2.39. The van der Waals surface area contributed by atoms with Crippen molar-refractivity contribution in [3.8, 4) is 0 Å². The number of rotatable bonds is 5. The molecule has 0 atom stereocenters. The molecule has 0 heterocycles. The Morgan fingerprint density at radius 3 is 1.70 bits per heavy atom. The maximum atomic E-state index is 5.88. The van der Waals surface area contributed by atoms with E-state index < -0.39 is 8.32 Å². The van der Waals surface area contributed by atoms with Crippen LogP contribution in [0.3, 0.4) is 0 Å². The maximum Gasteiger partial charge on any atom is 0.197 e. The fraction of sp³-hybridized carbons (Fsp3) is 0.250. The first-order chi connectivity index (χ1) is 9.50. The highest BCUT2D eigenvalue weighted by Gasteiger charge is 2.28. The van der Waals surface area contributed by atoms with E-state index in [1.807, 2.05) is 43.5 Å². The lowest BCUT2D eigenvalue weighted by molar-refractivity contribution is 0.395. The molecular formula is C16H22N2OSi. The van der Waals surface area contributed by atoms with Crippen LogP contribution in [0.1, 0.15) is 11.1 Å². The molecular weight excluding hydrogens is 264 g/mol. The maximum absolute atomic E-state index is 5.88. The van der Waals surface area contributed by atoms with E-state index in [1.165, 1.54) is 11.1 Å². The smallest absolute Gasteiger partial charge is 0.197 e. The summed E-state index contributed by atoms with van der Waals surface area (Å²) in [4.78, 5) is 0. The Labute approximate surface area is 121 Å². The fourth-order valence-electron chi connectivity index (χ4n) is 2.48. The molecule has 2 aromatic carbocycles. The Morgan fingerprint density at radius 1 is 0.900 bits per heavy atom. The summed E-state index contributed by atoms with van der Waals surface area (Å²) in [5.41, 5.74) is 15.8. The molecule has 0 aromatic heterocycles. The molecule has 0 saturated heterocycles. The summed E-state index contributed by atoms with van der Waals surface area (Å²) < 4.78 is 5.88. The normalized spacial score (nSPS) is 11.5. The van der Waals surface area contributed by atoms with Gasteiger partial charge in [-0.3, -0.25) is 0 Å². The Morgan fingerprint density at radius 2 is 1.35 bits per heavy atom. The van der Waals surface area contributed by atoms with Crippen molar-refractivity contribution >= 4 is 19.7 Å². The van der Waals surface area contributed by atoms with Crippen molar-refractivity contribution in [1.82, 2.24) is 0 Å². The van der Waals surface area contributed by atoms with E-state index in [9.17, 15) is 0 Å². The van der Waals surface area contributed by atoms with Gasteiger partial charge in [0.05, 0.1) is 0 Å². The molecule has 3 nitrogen and oxygen atoms in total. The van der Waals surface area contributed by atoms with Gasteiger partial charge in [-0.25, -0.2) is 0 Å². The van der Waals surface area contributed by atoms with Gasteiger partial charge in [-0.05, 0) is 54.0 Å². The van der Waals surface area contributed by atoms with E-state index in [1.54, 1.807) is 0 Å². The summed E-state index contributed by atoms with van der Waals surface area (Å²) in [6, 6.07) is 18.0. The van der Waals surface area contributed by atoms with Crippen LogP contribution in [-0.4, -0.2) is 15.4 Å². The third-order valence-electron chi connectivity index (χ3n) is 3.55. The van der Waals surface area contributed by atoms with Crippen LogP contribution in [0, 0.1) is 0 Å². The monoisotopic (exact) mass is 286 g/mol. The standard InChI is InChI=1S/C16H22N2OSi/c1-19-20(2,11-13-5-3-7-15(17)9-13)12-14-6-4-8-16(18)10-14/h3-10H,11-12,17-18H2,1-2H3. The van der Waals surface area contributed by atoms with Gasteiger partial charge in [-0.15, -0.1) is 0 Å². The molecule has 0 saturated carbocycles. The largest absolute Gasteiger partial charge is 0.420 e. The number of benzene rings is 2. The van der Waals surface area contributed by atoms with Gasteiger partial charge in [0.2, 0.25) is 0 Å². The second-order valence-electron chi connectivity index (χ2n) is 5.50. The highest BCUT2D eigenvalue weighted by Crippen LogP contribution is 2.20. The number of hydrogen-bond acceptors (Lipinski definition) is 3. The summed E-state index contributed by atoms with van der Waals surface area (Å²) in [5.74, 6) is 0. The first-order valence-electron chi connectivity index (χ1n) is 6.75. The van der Waals surface area contributed by atoms with Gasteiger partial charge in [0.25, 0.3) is 0 Å². The van der Waals surface area contributed by atoms with Gasteiger partial charge in [0, 0.05) is 18.5 Å². The van der Waals surface area contributed by atoms with Crippen molar-refractivity contribution in [3.63, 3.8) is 0 Å². The zero-order chi connectivity index (χ0) is 14.6. The van der Waals surface area contributed by atoms with E-state index >= 15 is 0 Å². The predicted octanol–water partition coefficient (Wildman–Crippen LogP) is 2.94. The molecule has 4 N–H and O–H groups in total. The van der Waals surface area contributed by atoms with Crippen molar-refractivity contribution in [2.75, 3.05) is 18.6 Å². The van der Waals surface area contributed by atoms with E-state index in [0.717, 1.165) is 23.5 Å². The first-order valence-corrected chi connectivity index (χ1v) is 9.57. The molecule has 2 rings (SSSR count). The van der Waals surface area contributed by atoms with Crippen LogP contribution >= 0.6 is 0 Å². The summed E-state index contributed by atoms with van der Waals surface area (Å²) in [6.07, 6.45) is 0. The summed E-state index contributed by atoms with van der Waals surface area (Å²) in [7, 11) is -0.0517. The molecule has 0 spiro atoms. The molecule has 0 radical (unpaired) electrons. The highest BCUT2D eigenvalue weighted by atomic mass is 28.4. The minimum atomic E-state index is -1.86. The van der Waals surface area contributed by atoms with Crippen LogP contribution in [-0.2, 0) is 16.5 Å². The van der Waals surface area contributed by atoms with Gasteiger partial charge in [0.15, 0.2) is 8.32 Å². The number of hydrogen-bond donors (Lipinski definition) is 2. The van der Waals surface area contributed by atoms with Crippen LogP contribution < -0.4 is 11.5 Å². The topological polar surface area (TPSA) is 61.3 Å². The Bertz CT molecular complexity index is 539. The zero-order valence-corrected chi connectivity index (χ0v) is 13.1.